The molecule has 0 spiro atoms. The van der Waals surface area contributed by atoms with Crippen molar-refractivity contribution in [2.75, 3.05) is 0 Å². The zero-order valence-corrected chi connectivity index (χ0v) is 8.79. The van der Waals surface area contributed by atoms with Crippen LogP contribution in [0, 0.1) is 0 Å². The lowest BCUT2D eigenvalue weighted by Gasteiger charge is -2.02. The zero-order chi connectivity index (χ0) is 11.7. The summed E-state index contributed by atoms with van der Waals surface area (Å²) < 4.78 is 0. The van der Waals surface area contributed by atoms with Crippen molar-refractivity contribution in [3.63, 3.8) is 0 Å². The Bertz CT molecular complexity index is 671. The third-order valence-corrected chi connectivity index (χ3v) is 2.53. The molecule has 0 aliphatic heterocycles. The molecule has 0 unspecified atom stereocenters. The van der Waals surface area contributed by atoms with Gasteiger partial charge in [-0.05, 0) is 12.1 Å². The van der Waals surface area contributed by atoms with Crippen LogP contribution < -0.4 is 0 Å². The number of para-hydroxylation sites is 1. The van der Waals surface area contributed by atoms with Crippen LogP contribution in [0.3, 0.4) is 0 Å². The van der Waals surface area contributed by atoms with E-state index in [2.05, 4.69) is 20.4 Å². The molecular weight excluding hydrogens is 216 g/mol. The second kappa shape index (κ2) is 3.79. The van der Waals surface area contributed by atoms with Crippen LogP contribution in [0.15, 0.2) is 42.7 Å². The Hall–Kier alpha value is -2.56. The second-order valence-electron chi connectivity index (χ2n) is 3.57. The Labute approximate surface area is 96.5 Å². The number of H-pyrrole nitrogens is 1. The van der Waals surface area contributed by atoms with Crippen molar-refractivity contribution in [3.05, 3.63) is 54.0 Å². The van der Waals surface area contributed by atoms with Gasteiger partial charge in [-0.15, -0.1) is 0 Å². The number of nitrogens with one attached hydrogen (secondary N) is 1. The number of carbonyl (C=O) groups is 1. The van der Waals surface area contributed by atoms with Crippen molar-refractivity contribution < 1.29 is 4.79 Å². The highest BCUT2D eigenvalue weighted by Gasteiger charge is 2.15. The lowest BCUT2D eigenvalue weighted by molar-refractivity contribution is 0.103. The van der Waals surface area contributed by atoms with Crippen molar-refractivity contribution in [1.29, 1.82) is 0 Å². The Balaban J connectivity index is 2.21. The van der Waals surface area contributed by atoms with Gasteiger partial charge in [0.2, 0.25) is 5.78 Å². The number of aromatic amines is 1. The molecule has 3 aromatic rings. The Morgan fingerprint density at radius 1 is 1.18 bits per heavy atom. The van der Waals surface area contributed by atoms with Crippen LogP contribution in [-0.4, -0.2) is 26.2 Å². The van der Waals surface area contributed by atoms with Crippen LogP contribution in [0.1, 0.15) is 16.1 Å². The molecule has 1 aromatic carbocycles. The summed E-state index contributed by atoms with van der Waals surface area (Å²) in [4.78, 5) is 16.4. The number of rotatable bonds is 2. The molecule has 17 heavy (non-hydrogen) atoms. The van der Waals surface area contributed by atoms with Crippen LogP contribution in [0.5, 0.6) is 0 Å². The van der Waals surface area contributed by atoms with Gasteiger partial charge in [0, 0.05) is 11.6 Å². The number of fused-ring (bicyclic) bond motifs is 1. The molecule has 2 aromatic heterocycles. The fraction of sp³-hybridized carbons (Fsp3) is 0. The summed E-state index contributed by atoms with van der Waals surface area (Å²) in [5.41, 5.74) is 1.52. The van der Waals surface area contributed by atoms with Crippen LogP contribution in [0.2, 0.25) is 0 Å². The van der Waals surface area contributed by atoms with Crippen molar-refractivity contribution in [2.45, 2.75) is 0 Å². The summed E-state index contributed by atoms with van der Waals surface area (Å²) in [7, 11) is 0. The standard InChI is InChI=1S/C12H8N4O/c17-12(10-7-14-16-15-10)9-5-1-3-8-4-2-6-13-11(8)9/h1-7H,(H,14,15,16). The van der Waals surface area contributed by atoms with Crippen LogP contribution in [-0.2, 0) is 0 Å². The molecule has 0 fully saturated rings. The molecular formula is C12H8N4O. The summed E-state index contributed by atoms with van der Waals surface area (Å²) in [6.07, 6.45) is 3.08. The maximum atomic E-state index is 12.2. The van der Waals surface area contributed by atoms with Gasteiger partial charge in [0.25, 0.3) is 0 Å². The van der Waals surface area contributed by atoms with E-state index in [1.807, 2.05) is 24.3 Å². The highest BCUT2D eigenvalue weighted by atomic mass is 16.1. The number of hydrogen-bond acceptors (Lipinski definition) is 4. The van der Waals surface area contributed by atoms with E-state index >= 15 is 0 Å². The fourth-order valence-electron chi connectivity index (χ4n) is 1.74. The van der Waals surface area contributed by atoms with Gasteiger partial charge in [-0.3, -0.25) is 9.78 Å². The quantitative estimate of drug-likeness (QED) is 0.671. The number of benzene rings is 1. The van der Waals surface area contributed by atoms with Crippen molar-refractivity contribution in [2.24, 2.45) is 0 Å². The predicted octanol–water partition coefficient (Wildman–Crippen LogP) is 1.58. The number of ketones is 1. The molecule has 0 saturated carbocycles. The molecule has 82 valence electrons. The van der Waals surface area contributed by atoms with E-state index in [0.717, 1.165) is 5.39 Å². The summed E-state index contributed by atoms with van der Waals surface area (Å²) in [5.74, 6) is -0.178. The molecule has 0 amide bonds. The van der Waals surface area contributed by atoms with Gasteiger partial charge >= 0.3 is 0 Å². The first-order valence-corrected chi connectivity index (χ1v) is 5.10. The van der Waals surface area contributed by atoms with Gasteiger partial charge in [-0.1, -0.05) is 18.2 Å². The molecule has 0 aliphatic carbocycles. The van der Waals surface area contributed by atoms with E-state index in [1.54, 1.807) is 12.3 Å². The lowest BCUT2D eigenvalue weighted by atomic mass is 10.0. The monoisotopic (exact) mass is 224 g/mol. The first kappa shape index (κ1) is 9.65. The van der Waals surface area contributed by atoms with Gasteiger partial charge < -0.3 is 0 Å². The molecule has 0 aliphatic rings. The molecule has 1 N–H and O–H groups in total. The molecule has 5 heteroatoms. The highest BCUT2D eigenvalue weighted by Crippen LogP contribution is 2.18. The Kier molecular flexibility index (Phi) is 2.15. The number of aromatic nitrogens is 4. The summed E-state index contributed by atoms with van der Waals surface area (Å²) >= 11 is 0. The predicted molar refractivity (Wildman–Crippen MR) is 61.6 cm³/mol. The molecule has 0 atom stereocenters. The third kappa shape index (κ3) is 1.57. The average molecular weight is 224 g/mol. The van der Waals surface area contributed by atoms with E-state index in [9.17, 15) is 4.79 Å². The smallest absolute Gasteiger partial charge is 0.217 e. The minimum Gasteiger partial charge on any atom is -0.287 e. The summed E-state index contributed by atoms with van der Waals surface area (Å²) in [6.45, 7) is 0. The van der Waals surface area contributed by atoms with Gasteiger partial charge in [0.05, 0.1) is 17.3 Å². The number of nitrogens with zero attached hydrogens (tertiary/aromatic N) is 3. The highest BCUT2D eigenvalue weighted by molar-refractivity contribution is 6.14. The number of pyridine rings is 1. The summed E-state index contributed by atoms with van der Waals surface area (Å²) in [6, 6.07) is 9.25. The first-order chi connectivity index (χ1) is 8.36. The SMILES string of the molecule is O=C(c1cn[nH]n1)c1cccc2cccnc12. The molecule has 3 rings (SSSR count). The molecule has 2 heterocycles. The van der Waals surface area contributed by atoms with Gasteiger partial charge in [0.15, 0.2) is 5.69 Å². The first-order valence-electron chi connectivity index (χ1n) is 5.10. The average Bonchev–Trinajstić information content (AvgIpc) is 2.91. The topological polar surface area (TPSA) is 71.5 Å². The molecule has 5 nitrogen and oxygen atoms in total. The second-order valence-corrected chi connectivity index (χ2v) is 3.57. The fourth-order valence-corrected chi connectivity index (χ4v) is 1.74. The third-order valence-electron chi connectivity index (χ3n) is 2.53. The maximum absolute atomic E-state index is 12.2. The Morgan fingerprint density at radius 3 is 2.88 bits per heavy atom. The van der Waals surface area contributed by atoms with Crippen molar-refractivity contribution >= 4 is 16.7 Å². The molecule has 0 bridgehead atoms. The van der Waals surface area contributed by atoms with E-state index in [4.69, 9.17) is 0 Å². The number of carbonyl (C=O) groups excluding carboxylic acids is 1. The molecule has 0 radical (unpaired) electrons. The van der Waals surface area contributed by atoms with Crippen LogP contribution >= 0.6 is 0 Å². The largest absolute Gasteiger partial charge is 0.287 e. The normalized spacial score (nSPS) is 10.6. The van der Waals surface area contributed by atoms with Gasteiger partial charge in [-0.2, -0.15) is 15.4 Å². The van der Waals surface area contributed by atoms with E-state index in [1.165, 1.54) is 6.20 Å². The summed E-state index contributed by atoms with van der Waals surface area (Å²) in [5, 5.41) is 10.8. The van der Waals surface area contributed by atoms with Crippen LogP contribution in [0.25, 0.3) is 10.9 Å². The van der Waals surface area contributed by atoms with Crippen molar-refractivity contribution in [3.8, 4) is 0 Å². The van der Waals surface area contributed by atoms with Gasteiger partial charge in [-0.25, -0.2) is 0 Å². The molecule has 0 saturated heterocycles. The van der Waals surface area contributed by atoms with Crippen molar-refractivity contribution in [1.82, 2.24) is 20.4 Å². The van der Waals surface area contributed by atoms with Crippen LogP contribution in [0.4, 0.5) is 0 Å². The minimum absolute atomic E-state index is 0.178. The van der Waals surface area contributed by atoms with E-state index in [-0.39, 0.29) is 5.78 Å². The van der Waals surface area contributed by atoms with Gasteiger partial charge in [0.1, 0.15) is 0 Å². The zero-order valence-electron chi connectivity index (χ0n) is 8.79. The number of hydrogen-bond donors (Lipinski definition) is 1. The van der Waals surface area contributed by atoms with E-state index < -0.39 is 0 Å². The maximum Gasteiger partial charge on any atom is 0.217 e. The lowest BCUT2D eigenvalue weighted by Crippen LogP contribution is -2.03. The minimum atomic E-state index is -0.178. The Morgan fingerprint density at radius 2 is 2.06 bits per heavy atom. The van der Waals surface area contributed by atoms with E-state index in [0.29, 0.717) is 16.8 Å².